The van der Waals surface area contributed by atoms with Crippen molar-refractivity contribution in [1.29, 1.82) is 0 Å². The van der Waals surface area contributed by atoms with E-state index in [1.807, 2.05) is 0 Å². The van der Waals surface area contributed by atoms with Crippen LogP contribution in [0, 0.1) is 0 Å². The molecule has 0 amide bonds. The van der Waals surface area contributed by atoms with Crippen LogP contribution in [0.25, 0.3) is 0 Å². The molecule has 0 saturated heterocycles. The molecule has 0 spiro atoms. The molecule has 0 aliphatic rings. The van der Waals surface area contributed by atoms with E-state index in [1.165, 1.54) is 10.9 Å². The van der Waals surface area contributed by atoms with Crippen LogP contribution >= 0.6 is 23.2 Å². The number of carbonyl (C=O) groups is 1. The molecule has 0 saturated carbocycles. The van der Waals surface area contributed by atoms with Crippen LogP contribution in [0.15, 0.2) is 18.2 Å². The second kappa shape index (κ2) is 4.81. The van der Waals surface area contributed by atoms with Gasteiger partial charge in [-0.05, 0) is 23.4 Å². The predicted molar refractivity (Wildman–Crippen MR) is 63.3 cm³/mol. The number of tetrazole rings is 1. The molecule has 0 aliphatic carbocycles. The zero-order chi connectivity index (χ0) is 12.4. The first-order valence-corrected chi connectivity index (χ1v) is 5.53. The standard InChI is InChI=1S/C10H8Cl2N4O/c1-16-14-10(13-15-16)5-9(17)7-3-2-6(11)4-8(7)12/h2-4H,5H2,1H3. The number of nitrogens with zero attached hydrogens (tertiary/aromatic N) is 4. The van der Waals surface area contributed by atoms with Gasteiger partial charge < -0.3 is 0 Å². The number of ketones is 1. The predicted octanol–water partition coefficient (Wildman–Crippen LogP) is 1.94. The Morgan fingerprint density at radius 1 is 1.41 bits per heavy atom. The van der Waals surface area contributed by atoms with Gasteiger partial charge in [0.1, 0.15) is 0 Å². The summed E-state index contributed by atoms with van der Waals surface area (Å²) in [6.45, 7) is 0. The van der Waals surface area contributed by atoms with Gasteiger partial charge in [0.05, 0.1) is 18.5 Å². The topological polar surface area (TPSA) is 60.7 Å². The van der Waals surface area contributed by atoms with E-state index in [1.54, 1.807) is 19.2 Å². The molecule has 1 aromatic carbocycles. The van der Waals surface area contributed by atoms with Gasteiger partial charge in [0.2, 0.25) is 0 Å². The average molecular weight is 271 g/mol. The Balaban J connectivity index is 2.20. The maximum Gasteiger partial charge on any atom is 0.182 e. The fourth-order valence-corrected chi connectivity index (χ4v) is 1.86. The Bertz CT molecular complexity index is 567. The molecule has 88 valence electrons. The highest BCUT2D eigenvalue weighted by Crippen LogP contribution is 2.21. The first kappa shape index (κ1) is 12.0. The van der Waals surface area contributed by atoms with Crippen LogP contribution in [0.3, 0.4) is 0 Å². The molecule has 0 atom stereocenters. The highest BCUT2D eigenvalue weighted by atomic mass is 35.5. The van der Waals surface area contributed by atoms with Crippen LogP contribution in [0.2, 0.25) is 10.0 Å². The molecule has 0 aliphatic heterocycles. The van der Waals surface area contributed by atoms with Crippen molar-refractivity contribution >= 4 is 29.0 Å². The number of aryl methyl sites for hydroxylation is 1. The lowest BCUT2D eigenvalue weighted by atomic mass is 10.1. The van der Waals surface area contributed by atoms with Crippen molar-refractivity contribution in [2.24, 2.45) is 7.05 Å². The van der Waals surface area contributed by atoms with E-state index in [-0.39, 0.29) is 12.2 Å². The van der Waals surface area contributed by atoms with Crippen LogP contribution in [-0.4, -0.2) is 26.0 Å². The summed E-state index contributed by atoms with van der Waals surface area (Å²) in [6, 6.07) is 4.73. The lowest BCUT2D eigenvalue weighted by Gasteiger charge is -2.01. The number of benzene rings is 1. The second-order valence-corrected chi connectivity index (χ2v) is 4.26. The molecule has 5 nitrogen and oxygen atoms in total. The summed E-state index contributed by atoms with van der Waals surface area (Å²) in [5.74, 6) is 0.197. The number of Topliss-reactive ketones (excluding diaryl/α,β-unsaturated/α-hetero) is 1. The third-order valence-corrected chi connectivity index (χ3v) is 2.65. The first-order chi connectivity index (χ1) is 8.06. The average Bonchev–Trinajstić information content (AvgIpc) is 2.63. The van der Waals surface area contributed by atoms with Crippen molar-refractivity contribution in [3.8, 4) is 0 Å². The Morgan fingerprint density at radius 3 is 2.76 bits per heavy atom. The minimum Gasteiger partial charge on any atom is -0.294 e. The van der Waals surface area contributed by atoms with Crippen LogP contribution in [0.4, 0.5) is 0 Å². The van der Waals surface area contributed by atoms with E-state index in [0.717, 1.165) is 0 Å². The fraction of sp³-hybridized carbons (Fsp3) is 0.200. The largest absolute Gasteiger partial charge is 0.294 e. The maximum atomic E-state index is 11.9. The molecular weight excluding hydrogens is 263 g/mol. The van der Waals surface area contributed by atoms with Gasteiger partial charge in [-0.3, -0.25) is 4.79 Å². The molecule has 0 N–H and O–H groups in total. The van der Waals surface area contributed by atoms with Crippen LogP contribution in [0.5, 0.6) is 0 Å². The zero-order valence-corrected chi connectivity index (χ0v) is 10.4. The van der Waals surface area contributed by atoms with Crippen molar-refractivity contribution in [3.63, 3.8) is 0 Å². The van der Waals surface area contributed by atoms with Gasteiger partial charge in [0, 0.05) is 10.6 Å². The summed E-state index contributed by atoms with van der Waals surface area (Å²) in [5.41, 5.74) is 0.406. The Kier molecular flexibility index (Phi) is 3.40. The second-order valence-electron chi connectivity index (χ2n) is 3.42. The zero-order valence-electron chi connectivity index (χ0n) is 8.89. The minimum atomic E-state index is -0.167. The van der Waals surface area contributed by atoms with E-state index in [0.29, 0.717) is 21.4 Å². The van der Waals surface area contributed by atoms with Gasteiger partial charge in [-0.1, -0.05) is 23.2 Å². The molecule has 17 heavy (non-hydrogen) atoms. The molecule has 2 aromatic rings. The molecule has 0 bridgehead atoms. The van der Waals surface area contributed by atoms with Crippen molar-refractivity contribution in [3.05, 3.63) is 39.6 Å². The summed E-state index contributed by atoms with van der Waals surface area (Å²) in [5, 5.41) is 12.1. The molecule has 1 aromatic heterocycles. The Hall–Kier alpha value is -1.46. The van der Waals surface area contributed by atoms with Gasteiger partial charge in [-0.15, -0.1) is 10.2 Å². The van der Waals surface area contributed by atoms with E-state index in [2.05, 4.69) is 15.4 Å². The summed E-state index contributed by atoms with van der Waals surface area (Å²) in [7, 11) is 1.64. The summed E-state index contributed by atoms with van der Waals surface area (Å²) in [4.78, 5) is 13.2. The van der Waals surface area contributed by atoms with Gasteiger partial charge in [0.15, 0.2) is 11.6 Å². The third-order valence-electron chi connectivity index (χ3n) is 2.10. The van der Waals surface area contributed by atoms with Crippen LogP contribution < -0.4 is 0 Å². The van der Waals surface area contributed by atoms with Gasteiger partial charge in [-0.25, -0.2) is 0 Å². The van der Waals surface area contributed by atoms with Crippen molar-refractivity contribution in [2.75, 3.05) is 0 Å². The normalized spacial score (nSPS) is 10.5. The number of halogens is 2. The van der Waals surface area contributed by atoms with Crippen molar-refractivity contribution < 1.29 is 4.79 Å². The molecule has 0 unspecified atom stereocenters. The Morgan fingerprint density at radius 2 is 2.18 bits per heavy atom. The molecule has 1 heterocycles. The highest BCUT2D eigenvalue weighted by molar-refractivity contribution is 6.36. The number of hydrogen-bond donors (Lipinski definition) is 0. The SMILES string of the molecule is Cn1nnc(CC(=O)c2ccc(Cl)cc2Cl)n1. The monoisotopic (exact) mass is 270 g/mol. The minimum absolute atomic E-state index is 0.0647. The molecule has 0 fully saturated rings. The van der Waals surface area contributed by atoms with Crippen molar-refractivity contribution in [1.82, 2.24) is 20.2 Å². The van der Waals surface area contributed by atoms with E-state index in [4.69, 9.17) is 23.2 Å². The van der Waals surface area contributed by atoms with E-state index >= 15 is 0 Å². The molecule has 2 rings (SSSR count). The fourth-order valence-electron chi connectivity index (χ4n) is 1.35. The summed E-state index contributed by atoms with van der Waals surface area (Å²) in [6.07, 6.45) is 0.0647. The number of rotatable bonds is 3. The molecule has 7 heteroatoms. The van der Waals surface area contributed by atoms with Gasteiger partial charge >= 0.3 is 0 Å². The molecule has 0 radical (unpaired) electrons. The lowest BCUT2D eigenvalue weighted by Crippen LogP contribution is -2.06. The number of carbonyl (C=O) groups excluding carboxylic acids is 1. The number of hydrogen-bond acceptors (Lipinski definition) is 4. The van der Waals surface area contributed by atoms with E-state index in [9.17, 15) is 4.79 Å². The smallest absolute Gasteiger partial charge is 0.182 e. The van der Waals surface area contributed by atoms with Crippen LogP contribution in [-0.2, 0) is 13.5 Å². The summed E-state index contributed by atoms with van der Waals surface area (Å²) >= 11 is 11.7. The summed E-state index contributed by atoms with van der Waals surface area (Å²) < 4.78 is 0. The number of aromatic nitrogens is 4. The van der Waals surface area contributed by atoms with Gasteiger partial charge in [-0.2, -0.15) is 4.80 Å². The molecular formula is C10H8Cl2N4O. The van der Waals surface area contributed by atoms with Crippen molar-refractivity contribution in [2.45, 2.75) is 6.42 Å². The third kappa shape index (κ3) is 2.81. The van der Waals surface area contributed by atoms with Gasteiger partial charge in [0.25, 0.3) is 0 Å². The van der Waals surface area contributed by atoms with Crippen LogP contribution in [0.1, 0.15) is 16.2 Å². The lowest BCUT2D eigenvalue weighted by molar-refractivity contribution is 0.0991. The highest BCUT2D eigenvalue weighted by Gasteiger charge is 2.14. The first-order valence-electron chi connectivity index (χ1n) is 4.77. The Labute approximate surface area is 107 Å². The maximum absolute atomic E-state index is 11.9. The van der Waals surface area contributed by atoms with E-state index < -0.39 is 0 Å². The quantitative estimate of drug-likeness (QED) is 0.800.